The van der Waals surface area contributed by atoms with Crippen molar-refractivity contribution >= 4 is 16.7 Å². The summed E-state index contributed by atoms with van der Waals surface area (Å²) in [5.41, 5.74) is 6.09. The molecule has 20 heavy (non-hydrogen) atoms. The smallest absolute Gasteiger partial charge is 0.227 e. The van der Waals surface area contributed by atoms with Gasteiger partial charge in [-0.15, -0.1) is 0 Å². The number of carbonyl (C=O) groups is 1. The molecule has 3 heteroatoms. The van der Waals surface area contributed by atoms with Crippen LogP contribution in [0.3, 0.4) is 0 Å². The van der Waals surface area contributed by atoms with Crippen molar-refractivity contribution < 1.29 is 4.79 Å². The van der Waals surface area contributed by atoms with Crippen molar-refractivity contribution in [2.75, 3.05) is 20.6 Å². The lowest BCUT2D eigenvalue weighted by Gasteiger charge is -2.29. The Kier molecular flexibility index (Phi) is 4.09. The summed E-state index contributed by atoms with van der Waals surface area (Å²) in [4.78, 5) is 14.2. The Bertz CT molecular complexity index is 616. The van der Waals surface area contributed by atoms with Crippen LogP contribution in [0.15, 0.2) is 42.5 Å². The lowest BCUT2D eigenvalue weighted by Crippen LogP contribution is -2.40. The Morgan fingerprint density at radius 1 is 1.15 bits per heavy atom. The summed E-state index contributed by atoms with van der Waals surface area (Å²) in [5.74, 6) is -0.268. The molecule has 2 aromatic rings. The van der Waals surface area contributed by atoms with Gasteiger partial charge in [-0.05, 0) is 50.3 Å². The minimum absolute atomic E-state index is 0.268. The normalized spacial score (nSPS) is 14.4. The van der Waals surface area contributed by atoms with Crippen molar-refractivity contribution in [3.63, 3.8) is 0 Å². The number of nitrogens with zero attached hydrogens (tertiary/aromatic N) is 1. The second-order valence-corrected chi connectivity index (χ2v) is 5.78. The first-order valence-electron chi connectivity index (χ1n) is 6.88. The summed E-state index contributed by atoms with van der Waals surface area (Å²) in [5, 5.41) is 2.25. The third-order valence-electron chi connectivity index (χ3n) is 3.99. The predicted octanol–water partition coefficient (Wildman–Crippen LogP) is 2.53. The second kappa shape index (κ2) is 5.63. The SMILES string of the molecule is CN(C)CC[C@](C)(C(N)=O)c1cccc2ccccc12. The van der Waals surface area contributed by atoms with E-state index in [9.17, 15) is 4.79 Å². The number of rotatable bonds is 5. The Morgan fingerprint density at radius 3 is 2.45 bits per heavy atom. The molecule has 1 amide bonds. The van der Waals surface area contributed by atoms with E-state index in [4.69, 9.17) is 5.73 Å². The summed E-state index contributed by atoms with van der Waals surface area (Å²) in [7, 11) is 4.01. The molecular weight excluding hydrogens is 248 g/mol. The number of primary amides is 1. The van der Waals surface area contributed by atoms with Crippen LogP contribution in [-0.2, 0) is 10.2 Å². The van der Waals surface area contributed by atoms with Crippen LogP contribution in [0.1, 0.15) is 18.9 Å². The lowest BCUT2D eigenvalue weighted by atomic mass is 9.76. The molecule has 0 aliphatic heterocycles. The quantitative estimate of drug-likeness (QED) is 0.907. The van der Waals surface area contributed by atoms with Gasteiger partial charge in [-0.1, -0.05) is 42.5 Å². The highest BCUT2D eigenvalue weighted by molar-refractivity contribution is 5.94. The third-order valence-corrected chi connectivity index (χ3v) is 3.99. The van der Waals surface area contributed by atoms with Gasteiger partial charge in [0, 0.05) is 0 Å². The molecule has 106 valence electrons. The molecule has 0 fully saturated rings. The zero-order valence-electron chi connectivity index (χ0n) is 12.4. The van der Waals surface area contributed by atoms with Crippen molar-refractivity contribution in [3.05, 3.63) is 48.0 Å². The molecule has 0 saturated carbocycles. The van der Waals surface area contributed by atoms with Gasteiger partial charge in [0.05, 0.1) is 5.41 Å². The van der Waals surface area contributed by atoms with Gasteiger partial charge in [0.1, 0.15) is 0 Å². The summed E-state index contributed by atoms with van der Waals surface area (Å²) in [6.07, 6.45) is 0.712. The maximum atomic E-state index is 12.1. The Hall–Kier alpha value is -1.87. The zero-order valence-corrected chi connectivity index (χ0v) is 12.4. The number of hydrogen-bond donors (Lipinski definition) is 1. The molecule has 0 unspecified atom stereocenters. The van der Waals surface area contributed by atoms with Gasteiger partial charge >= 0.3 is 0 Å². The predicted molar refractivity (Wildman–Crippen MR) is 83.7 cm³/mol. The first-order chi connectivity index (χ1) is 9.45. The van der Waals surface area contributed by atoms with Gasteiger partial charge in [0.25, 0.3) is 0 Å². The van der Waals surface area contributed by atoms with E-state index in [1.165, 1.54) is 0 Å². The summed E-state index contributed by atoms with van der Waals surface area (Å²) >= 11 is 0. The van der Waals surface area contributed by atoms with Crippen LogP contribution in [-0.4, -0.2) is 31.4 Å². The molecular formula is C17H22N2O. The van der Waals surface area contributed by atoms with Crippen molar-refractivity contribution in [2.24, 2.45) is 5.73 Å². The lowest BCUT2D eigenvalue weighted by molar-refractivity contribution is -0.123. The van der Waals surface area contributed by atoms with Crippen molar-refractivity contribution in [2.45, 2.75) is 18.8 Å². The van der Waals surface area contributed by atoms with Crippen LogP contribution >= 0.6 is 0 Å². The van der Waals surface area contributed by atoms with E-state index in [-0.39, 0.29) is 5.91 Å². The number of nitrogens with two attached hydrogens (primary N) is 1. The molecule has 1 atom stereocenters. The molecule has 0 bridgehead atoms. The average Bonchev–Trinajstić information content (AvgIpc) is 2.44. The molecule has 0 radical (unpaired) electrons. The maximum Gasteiger partial charge on any atom is 0.227 e. The van der Waals surface area contributed by atoms with Crippen LogP contribution in [0.4, 0.5) is 0 Å². The minimum Gasteiger partial charge on any atom is -0.369 e. The van der Waals surface area contributed by atoms with Gasteiger partial charge in [0.15, 0.2) is 0 Å². The number of benzene rings is 2. The molecule has 0 heterocycles. The Morgan fingerprint density at radius 2 is 1.80 bits per heavy atom. The number of hydrogen-bond acceptors (Lipinski definition) is 2. The van der Waals surface area contributed by atoms with E-state index < -0.39 is 5.41 Å². The van der Waals surface area contributed by atoms with Gasteiger partial charge in [0.2, 0.25) is 5.91 Å². The molecule has 2 N–H and O–H groups in total. The highest BCUT2D eigenvalue weighted by atomic mass is 16.1. The van der Waals surface area contributed by atoms with Gasteiger partial charge < -0.3 is 10.6 Å². The van der Waals surface area contributed by atoms with Crippen LogP contribution in [0.25, 0.3) is 10.8 Å². The number of amides is 1. The van der Waals surface area contributed by atoms with Gasteiger partial charge in [-0.3, -0.25) is 4.79 Å². The van der Waals surface area contributed by atoms with E-state index in [1.54, 1.807) is 0 Å². The first kappa shape index (κ1) is 14.5. The second-order valence-electron chi connectivity index (χ2n) is 5.78. The number of fused-ring (bicyclic) bond motifs is 1. The standard InChI is InChI=1S/C17H22N2O/c1-17(16(18)20,11-12-19(2)3)15-10-6-8-13-7-4-5-9-14(13)15/h4-10H,11-12H2,1-3H3,(H2,18,20)/t17-/m0/s1. The van der Waals surface area contributed by atoms with E-state index in [0.29, 0.717) is 6.42 Å². The topological polar surface area (TPSA) is 46.3 Å². The largest absolute Gasteiger partial charge is 0.369 e. The monoisotopic (exact) mass is 270 g/mol. The van der Waals surface area contributed by atoms with Gasteiger partial charge in [-0.25, -0.2) is 0 Å². The van der Waals surface area contributed by atoms with E-state index in [2.05, 4.69) is 23.1 Å². The van der Waals surface area contributed by atoms with Gasteiger partial charge in [-0.2, -0.15) is 0 Å². The molecule has 0 aliphatic rings. The van der Waals surface area contributed by atoms with E-state index in [0.717, 1.165) is 22.9 Å². The van der Waals surface area contributed by atoms with Crippen molar-refractivity contribution in [3.8, 4) is 0 Å². The van der Waals surface area contributed by atoms with Crippen LogP contribution in [0.2, 0.25) is 0 Å². The highest BCUT2D eigenvalue weighted by Crippen LogP contribution is 2.33. The fourth-order valence-electron chi connectivity index (χ4n) is 2.54. The molecule has 2 aromatic carbocycles. The summed E-state index contributed by atoms with van der Waals surface area (Å²) < 4.78 is 0. The average molecular weight is 270 g/mol. The molecule has 0 spiro atoms. The van der Waals surface area contributed by atoms with E-state index in [1.807, 2.05) is 45.3 Å². The van der Waals surface area contributed by atoms with Crippen LogP contribution < -0.4 is 5.73 Å². The zero-order chi connectivity index (χ0) is 14.8. The maximum absolute atomic E-state index is 12.1. The molecule has 0 aromatic heterocycles. The molecule has 3 nitrogen and oxygen atoms in total. The van der Waals surface area contributed by atoms with E-state index >= 15 is 0 Å². The first-order valence-corrected chi connectivity index (χ1v) is 6.88. The Labute approximate surface area is 120 Å². The summed E-state index contributed by atoms with van der Waals surface area (Å²) in [6.45, 7) is 2.77. The van der Waals surface area contributed by atoms with Crippen LogP contribution in [0, 0.1) is 0 Å². The fraction of sp³-hybridized carbons (Fsp3) is 0.353. The van der Waals surface area contributed by atoms with Crippen LogP contribution in [0.5, 0.6) is 0 Å². The molecule has 0 aliphatic carbocycles. The molecule has 2 rings (SSSR count). The summed E-state index contributed by atoms with van der Waals surface area (Å²) in [6, 6.07) is 14.2. The van der Waals surface area contributed by atoms with Crippen molar-refractivity contribution in [1.29, 1.82) is 0 Å². The third kappa shape index (κ3) is 2.68. The number of carbonyl (C=O) groups excluding carboxylic acids is 1. The highest BCUT2D eigenvalue weighted by Gasteiger charge is 2.34. The Balaban J connectivity index is 2.54. The van der Waals surface area contributed by atoms with Crippen molar-refractivity contribution in [1.82, 2.24) is 4.90 Å². The molecule has 0 saturated heterocycles. The fourth-order valence-corrected chi connectivity index (χ4v) is 2.54. The minimum atomic E-state index is -0.648.